The van der Waals surface area contributed by atoms with Crippen molar-refractivity contribution in [3.05, 3.63) is 24.5 Å². The monoisotopic (exact) mass is 84.1 g/mol. The molecule has 0 saturated carbocycles. The lowest BCUT2D eigenvalue weighted by Crippen LogP contribution is -1.60. The van der Waals surface area contributed by atoms with Crippen LogP contribution in [0.5, 0.6) is 0 Å². The van der Waals surface area contributed by atoms with E-state index >= 15 is 0 Å². The van der Waals surface area contributed by atoms with Crippen LogP contribution in [0.25, 0.3) is 0 Å². The zero-order valence-corrected chi connectivity index (χ0v) is 3.81. The summed E-state index contributed by atoms with van der Waals surface area (Å²) in [5, 5.41) is 8.10. The molecule has 0 bridgehead atoms. The first-order valence-electron chi connectivity index (χ1n) is 1.74. The molecule has 1 nitrogen and oxygen atoms in total. The van der Waals surface area contributed by atoms with E-state index in [4.69, 9.17) is 5.11 Å². The van der Waals surface area contributed by atoms with Crippen molar-refractivity contribution in [2.75, 3.05) is 0 Å². The largest absolute Gasteiger partial charge is 0.515 e. The average Bonchev–Trinajstić information content (AvgIpc) is 1.65. The molecule has 1 heteroatoms. The minimum absolute atomic E-state index is 0.787. The van der Waals surface area contributed by atoms with Crippen LogP contribution in [-0.2, 0) is 0 Å². The van der Waals surface area contributed by atoms with Crippen LogP contribution >= 0.6 is 0 Å². The Morgan fingerprint density at radius 3 is 2.33 bits per heavy atom. The smallest absolute Gasteiger partial charge is 0.0820 e. The number of hydrogen-bond donors (Lipinski definition) is 1. The summed E-state index contributed by atoms with van der Waals surface area (Å²) in [7, 11) is 0. The van der Waals surface area contributed by atoms with Gasteiger partial charge in [-0.05, 0) is 12.5 Å². The Hall–Kier alpha value is -0.720. The molecule has 6 heavy (non-hydrogen) atoms. The van der Waals surface area contributed by atoms with Gasteiger partial charge in [0.2, 0.25) is 0 Å². The van der Waals surface area contributed by atoms with Crippen LogP contribution in [0.15, 0.2) is 24.5 Å². The van der Waals surface area contributed by atoms with Crippen LogP contribution < -0.4 is 0 Å². The molecule has 0 amide bonds. The van der Waals surface area contributed by atoms with E-state index in [0.29, 0.717) is 0 Å². The third-order valence-corrected chi connectivity index (χ3v) is 0.526. The molecule has 0 heterocycles. The van der Waals surface area contributed by atoms with E-state index < -0.39 is 0 Å². The average molecular weight is 84.1 g/mol. The van der Waals surface area contributed by atoms with E-state index in [9.17, 15) is 0 Å². The molecule has 0 saturated heterocycles. The number of allylic oxidation sites excluding steroid dienone is 2. The molecule has 0 aromatic carbocycles. The molecule has 0 unspecified atom stereocenters. The molecule has 34 valence electrons. The molecule has 0 radical (unpaired) electrons. The molecule has 0 aromatic heterocycles. The molecule has 0 fully saturated rings. The Bertz CT molecular complexity index is 72.0. The van der Waals surface area contributed by atoms with Gasteiger partial charge >= 0.3 is 0 Å². The van der Waals surface area contributed by atoms with Gasteiger partial charge < -0.3 is 5.11 Å². The van der Waals surface area contributed by atoms with Crippen LogP contribution in [0.4, 0.5) is 0 Å². The van der Waals surface area contributed by atoms with Crippen molar-refractivity contribution < 1.29 is 5.11 Å². The Kier molecular flexibility index (Phi) is 2.21. The zero-order chi connectivity index (χ0) is 4.99. The second-order valence-electron chi connectivity index (χ2n) is 1.08. The summed E-state index contributed by atoms with van der Waals surface area (Å²) >= 11 is 0. The zero-order valence-electron chi connectivity index (χ0n) is 3.81. The summed E-state index contributed by atoms with van der Waals surface area (Å²) in [4.78, 5) is 0. The topological polar surface area (TPSA) is 20.2 Å². The summed E-state index contributed by atoms with van der Waals surface area (Å²) in [6.07, 6.45) is 2.60. The fourth-order valence-electron chi connectivity index (χ4n) is 0.0527. The van der Waals surface area contributed by atoms with Crippen molar-refractivity contribution in [3.8, 4) is 0 Å². The highest BCUT2D eigenvalue weighted by Gasteiger charge is 1.68. The minimum Gasteiger partial charge on any atom is -0.515 e. The number of aliphatic hydroxyl groups excluding tert-OH is 1. The van der Waals surface area contributed by atoms with Gasteiger partial charge in [0, 0.05) is 0 Å². The van der Waals surface area contributed by atoms with Crippen molar-refractivity contribution in [1.82, 2.24) is 0 Å². The minimum atomic E-state index is 0.787. The molecular formula is C5H8O. The van der Waals surface area contributed by atoms with Gasteiger partial charge in [-0.3, -0.25) is 0 Å². The first-order chi connectivity index (χ1) is 2.81. The number of aliphatic hydroxyl groups is 1. The maximum absolute atomic E-state index is 8.10. The predicted octanol–water partition coefficient (Wildman–Crippen LogP) is 1.63. The van der Waals surface area contributed by atoms with Gasteiger partial charge in [-0.2, -0.15) is 0 Å². The summed E-state index contributed by atoms with van der Waals surface area (Å²) < 4.78 is 0. The van der Waals surface area contributed by atoms with Gasteiger partial charge in [-0.1, -0.05) is 12.7 Å². The highest BCUT2D eigenvalue weighted by molar-refractivity contribution is 5.08. The maximum atomic E-state index is 8.10. The molecule has 0 aliphatic heterocycles. The summed E-state index contributed by atoms with van der Waals surface area (Å²) in [6.45, 7) is 5.17. The predicted molar refractivity (Wildman–Crippen MR) is 26.6 cm³/mol. The molecule has 1 N–H and O–H groups in total. The highest BCUT2D eigenvalue weighted by atomic mass is 16.2. The fraction of sp³-hybridized carbons (Fsp3) is 0.200. The highest BCUT2D eigenvalue weighted by Crippen LogP contribution is 1.86. The lowest BCUT2D eigenvalue weighted by atomic mass is 10.3. The Morgan fingerprint density at radius 1 is 1.83 bits per heavy atom. The van der Waals surface area contributed by atoms with Crippen LogP contribution in [0.1, 0.15) is 6.92 Å². The van der Waals surface area contributed by atoms with E-state index in [1.54, 1.807) is 13.0 Å². The van der Waals surface area contributed by atoms with Crippen LogP contribution in [-0.4, -0.2) is 5.11 Å². The molecule has 0 aliphatic rings. The molecular weight excluding hydrogens is 76.1 g/mol. The van der Waals surface area contributed by atoms with Crippen molar-refractivity contribution in [3.63, 3.8) is 0 Å². The van der Waals surface area contributed by atoms with E-state index in [1.807, 2.05) is 0 Å². The van der Waals surface area contributed by atoms with Gasteiger partial charge in [-0.25, -0.2) is 0 Å². The van der Waals surface area contributed by atoms with Crippen molar-refractivity contribution in [1.29, 1.82) is 0 Å². The third-order valence-electron chi connectivity index (χ3n) is 0.526. The maximum Gasteiger partial charge on any atom is 0.0820 e. The van der Waals surface area contributed by atoms with E-state index in [-0.39, 0.29) is 0 Å². The first-order valence-corrected chi connectivity index (χ1v) is 1.74. The molecule has 0 spiro atoms. The van der Waals surface area contributed by atoms with Crippen LogP contribution in [0.2, 0.25) is 0 Å². The third kappa shape index (κ3) is 1.58. The molecule has 0 atom stereocenters. The molecule has 0 aromatic rings. The van der Waals surface area contributed by atoms with Crippen molar-refractivity contribution in [2.24, 2.45) is 0 Å². The SMILES string of the molecule is C=C/C(C)=C/O. The van der Waals surface area contributed by atoms with Crippen molar-refractivity contribution in [2.45, 2.75) is 6.92 Å². The molecule has 0 aliphatic carbocycles. The fourth-order valence-corrected chi connectivity index (χ4v) is 0.0527. The quantitative estimate of drug-likeness (QED) is 0.378. The van der Waals surface area contributed by atoms with E-state index in [2.05, 4.69) is 6.58 Å². The number of hydrogen-bond acceptors (Lipinski definition) is 1. The second kappa shape index (κ2) is 2.51. The van der Waals surface area contributed by atoms with Gasteiger partial charge in [0.25, 0.3) is 0 Å². The van der Waals surface area contributed by atoms with Crippen LogP contribution in [0.3, 0.4) is 0 Å². The summed E-state index contributed by atoms with van der Waals surface area (Å²) in [5.74, 6) is 0. The Labute approximate surface area is 37.6 Å². The van der Waals surface area contributed by atoms with E-state index in [1.165, 1.54) is 0 Å². The van der Waals surface area contributed by atoms with Gasteiger partial charge in [0.05, 0.1) is 6.26 Å². The molecule has 0 rings (SSSR count). The van der Waals surface area contributed by atoms with Crippen LogP contribution in [0, 0.1) is 0 Å². The second-order valence-corrected chi connectivity index (χ2v) is 1.08. The standard InChI is InChI=1S/C5H8O/c1-3-5(2)4-6/h3-4,6H,1H2,2H3/b5-4+. The Morgan fingerprint density at radius 2 is 2.33 bits per heavy atom. The normalized spacial score (nSPS) is 11.2. The Balaban J connectivity index is 3.50. The lowest BCUT2D eigenvalue weighted by molar-refractivity contribution is 0.469. The van der Waals surface area contributed by atoms with Gasteiger partial charge in [0.1, 0.15) is 0 Å². The van der Waals surface area contributed by atoms with Crippen molar-refractivity contribution >= 4 is 0 Å². The van der Waals surface area contributed by atoms with Gasteiger partial charge in [0.15, 0.2) is 0 Å². The van der Waals surface area contributed by atoms with E-state index in [0.717, 1.165) is 11.8 Å². The number of rotatable bonds is 1. The lowest BCUT2D eigenvalue weighted by Gasteiger charge is -1.77. The summed E-state index contributed by atoms with van der Waals surface area (Å²) in [5.41, 5.74) is 0.787. The first kappa shape index (κ1) is 5.28. The van der Waals surface area contributed by atoms with Gasteiger partial charge in [-0.15, -0.1) is 0 Å². The summed E-state index contributed by atoms with van der Waals surface area (Å²) in [6, 6.07) is 0.